The number of amides is 1. The highest BCUT2D eigenvalue weighted by Crippen LogP contribution is 2.40. The van der Waals surface area contributed by atoms with Gasteiger partial charge < -0.3 is 19.5 Å². The second-order valence-corrected chi connectivity index (χ2v) is 8.23. The van der Waals surface area contributed by atoms with E-state index in [2.05, 4.69) is 0 Å². The first kappa shape index (κ1) is 23.5. The van der Waals surface area contributed by atoms with Crippen LogP contribution in [-0.4, -0.2) is 47.6 Å². The number of ketones is 1. The number of aliphatic hydroxyl groups excluding tert-OH is 1. The number of carbonyl (C=O) groups excluding carboxylic acids is 2. The van der Waals surface area contributed by atoms with Crippen LogP contribution in [0, 0.1) is 13.8 Å². The molecule has 0 aliphatic carbocycles. The second-order valence-electron chi connectivity index (χ2n) is 8.23. The minimum Gasteiger partial charge on any atom is -0.507 e. The van der Waals surface area contributed by atoms with Crippen LogP contribution in [0.1, 0.15) is 49.1 Å². The smallest absolute Gasteiger partial charge is 0.295 e. The lowest BCUT2D eigenvalue weighted by atomic mass is 9.93. The zero-order chi connectivity index (χ0) is 23.4. The van der Waals surface area contributed by atoms with E-state index in [1.807, 2.05) is 77.1 Å². The van der Waals surface area contributed by atoms with Crippen molar-refractivity contribution in [3.63, 3.8) is 0 Å². The first-order valence-electron chi connectivity index (χ1n) is 10.9. The minimum atomic E-state index is -0.707. The fourth-order valence-electron chi connectivity index (χ4n) is 3.89. The summed E-state index contributed by atoms with van der Waals surface area (Å²) in [6, 6.07) is 12.2. The maximum absolute atomic E-state index is 13.1. The zero-order valence-electron chi connectivity index (χ0n) is 19.3. The predicted octanol–water partition coefficient (Wildman–Crippen LogP) is 4.55. The third-order valence-electron chi connectivity index (χ3n) is 5.48. The van der Waals surface area contributed by atoms with Gasteiger partial charge in [0.1, 0.15) is 11.5 Å². The molecule has 32 heavy (non-hydrogen) atoms. The van der Waals surface area contributed by atoms with Gasteiger partial charge in [-0.05, 0) is 63.9 Å². The van der Waals surface area contributed by atoms with Gasteiger partial charge in [0.15, 0.2) is 0 Å². The van der Waals surface area contributed by atoms with E-state index in [1.54, 1.807) is 0 Å². The molecule has 1 atom stereocenters. The Kier molecular flexibility index (Phi) is 7.36. The van der Waals surface area contributed by atoms with E-state index in [9.17, 15) is 14.7 Å². The molecule has 1 aliphatic rings. The predicted molar refractivity (Wildman–Crippen MR) is 124 cm³/mol. The number of likely N-dealkylation sites (tertiary alicyclic amines) is 1. The van der Waals surface area contributed by atoms with Crippen LogP contribution in [-0.2, 0) is 14.3 Å². The van der Waals surface area contributed by atoms with Gasteiger partial charge in [0.05, 0.1) is 30.9 Å². The van der Waals surface area contributed by atoms with Crippen molar-refractivity contribution in [1.82, 2.24) is 4.90 Å². The third-order valence-corrected chi connectivity index (χ3v) is 5.48. The summed E-state index contributed by atoms with van der Waals surface area (Å²) in [6.45, 7) is 10.6. The number of aryl methyl sites for hydroxylation is 2. The molecule has 0 saturated carbocycles. The summed E-state index contributed by atoms with van der Waals surface area (Å²) in [6.07, 6.45) is 0.00527. The van der Waals surface area contributed by atoms with Crippen LogP contribution in [0.3, 0.4) is 0 Å². The van der Waals surface area contributed by atoms with Gasteiger partial charge in [-0.1, -0.05) is 29.8 Å². The molecule has 2 aromatic rings. The van der Waals surface area contributed by atoms with Gasteiger partial charge in [0.25, 0.3) is 11.7 Å². The Morgan fingerprint density at radius 2 is 1.78 bits per heavy atom. The maximum atomic E-state index is 13.1. The van der Waals surface area contributed by atoms with Crippen molar-refractivity contribution in [2.75, 3.05) is 19.8 Å². The fraction of sp³-hybridized carbons (Fsp3) is 0.385. The quantitative estimate of drug-likeness (QED) is 0.373. The summed E-state index contributed by atoms with van der Waals surface area (Å²) in [5.74, 6) is -0.781. The molecule has 1 amide bonds. The molecule has 3 rings (SSSR count). The largest absolute Gasteiger partial charge is 0.507 e. The van der Waals surface area contributed by atoms with Crippen molar-refractivity contribution in [2.45, 2.75) is 46.8 Å². The molecule has 1 fully saturated rings. The normalized spacial score (nSPS) is 17.9. The van der Waals surface area contributed by atoms with E-state index < -0.39 is 17.7 Å². The first-order chi connectivity index (χ1) is 15.2. The van der Waals surface area contributed by atoms with Crippen LogP contribution < -0.4 is 4.74 Å². The Hall–Kier alpha value is -3.12. The molecule has 1 heterocycles. The summed E-state index contributed by atoms with van der Waals surface area (Å²) < 4.78 is 11.2. The van der Waals surface area contributed by atoms with Crippen LogP contribution in [0.2, 0.25) is 0 Å². The molecule has 6 nitrogen and oxygen atoms in total. The van der Waals surface area contributed by atoms with Crippen molar-refractivity contribution < 1.29 is 24.2 Å². The number of rotatable bonds is 8. The van der Waals surface area contributed by atoms with Gasteiger partial charge in [-0.25, -0.2) is 0 Å². The lowest BCUT2D eigenvalue weighted by molar-refractivity contribution is -0.140. The number of hydrogen-bond donors (Lipinski definition) is 1. The minimum absolute atomic E-state index is 0.00527. The molecule has 170 valence electrons. The molecule has 2 aromatic carbocycles. The molecule has 1 saturated heterocycles. The van der Waals surface area contributed by atoms with Crippen LogP contribution in [0.25, 0.3) is 5.76 Å². The lowest BCUT2D eigenvalue weighted by Gasteiger charge is -2.26. The SMILES string of the molecule is CCOc1ccc(C2/C(=C(\O)c3cc(C)ccc3C)C(=O)C(=O)N2CCOC(C)C)cc1. The molecule has 1 aliphatic heterocycles. The van der Waals surface area contributed by atoms with Crippen molar-refractivity contribution in [3.8, 4) is 5.75 Å². The molecule has 0 aromatic heterocycles. The number of ether oxygens (including phenoxy) is 2. The van der Waals surface area contributed by atoms with E-state index in [4.69, 9.17) is 9.47 Å². The van der Waals surface area contributed by atoms with E-state index in [1.165, 1.54) is 4.90 Å². The maximum Gasteiger partial charge on any atom is 0.295 e. The van der Waals surface area contributed by atoms with Crippen LogP contribution in [0.4, 0.5) is 0 Å². The van der Waals surface area contributed by atoms with E-state index >= 15 is 0 Å². The summed E-state index contributed by atoms with van der Waals surface area (Å²) >= 11 is 0. The fourth-order valence-corrected chi connectivity index (χ4v) is 3.89. The zero-order valence-corrected chi connectivity index (χ0v) is 19.3. The Morgan fingerprint density at radius 1 is 1.09 bits per heavy atom. The summed E-state index contributed by atoms with van der Waals surface area (Å²) in [4.78, 5) is 27.6. The van der Waals surface area contributed by atoms with Gasteiger partial charge >= 0.3 is 0 Å². The van der Waals surface area contributed by atoms with E-state index in [0.717, 1.165) is 16.7 Å². The van der Waals surface area contributed by atoms with Gasteiger partial charge in [-0.2, -0.15) is 0 Å². The molecule has 0 spiro atoms. The number of aliphatic hydroxyl groups is 1. The Balaban J connectivity index is 2.11. The molecule has 0 radical (unpaired) electrons. The highest BCUT2D eigenvalue weighted by Gasteiger charge is 2.46. The van der Waals surface area contributed by atoms with E-state index in [0.29, 0.717) is 24.5 Å². The molecule has 0 bridgehead atoms. The highest BCUT2D eigenvalue weighted by molar-refractivity contribution is 6.46. The number of benzene rings is 2. The number of Topliss-reactive ketones (excluding diaryl/α,β-unsaturated/α-hetero) is 1. The molecule has 1 N–H and O–H groups in total. The van der Waals surface area contributed by atoms with Gasteiger partial charge in [-0.3, -0.25) is 9.59 Å². The standard InChI is InChI=1S/C26H31NO5/c1-6-31-20-11-9-19(10-12-20)23-22(24(28)21-15-17(4)7-8-18(21)5)25(29)26(30)27(23)13-14-32-16(2)3/h7-12,15-16,23,28H,6,13-14H2,1-5H3/b24-22+. The van der Waals surface area contributed by atoms with E-state index in [-0.39, 0.29) is 24.0 Å². The van der Waals surface area contributed by atoms with Gasteiger partial charge in [0.2, 0.25) is 0 Å². The highest BCUT2D eigenvalue weighted by atomic mass is 16.5. The van der Waals surface area contributed by atoms with Gasteiger partial charge in [0, 0.05) is 12.1 Å². The van der Waals surface area contributed by atoms with Crippen LogP contribution >= 0.6 is 0 Å². The van der Waals surface area contributed by atoms with Crippen LogP contribution in [0.15, 0.2) is 48.0 Å². The van der Waals surface area contributed by atoms with Crippen molar-refractivity contribution >= 4 is 17.4 Å². The Labute approximate surface area is 189 Å². The summed E-state index contributed by atoms with van der Waals surface area (Å²) in [5.41, 5.74) is 3.15. The monoisotopic (exact) mass is 437 g/mol. The Bertz CT molecular complexity index is 1020. The van der Waals surface area contributed by atoms with Gasteiger partial charge in [-0.15, -0.1) is 0 Å². The summed E-state index contributed by atoms with van der Waals surface area (Å²) in [5, 5.41) is 11.2. The second kappa shape index (κ2) is 10.0. The number of hydrogen-bond acceptors (Lipinski definition) is 5. The summed E-state index contributed by atoms with van der Waals surface area (Å²) in [7, 11) is 0. The van der Waals surface area contributed by atoms with Crippen molar-refractivity contribution in [1.29, 1.82) is 0 Å². The average molecular weight is 438 g/mol. The Morgan fingerprint density at radius 3 is 2.41 bits per heavy atom. The van der Waals surface area contributed by atoms with Crippen molar-refractivity contribution in [2.24, 2.45) is 0 Å². The first-order valence-corrected chi connectivity index (χ1v) is 10.9. The topological polar surface area (TPSA) is 76.1 Å². The average Bonchev–Trinajstić information content (AvgIpc) is 3.00. The molecule has 6 heteroatoms. The number of nitrogens with zero attached hydrogens (tertiary/aromatic N) is 1. The van der Waals surface area contributed by atoms with Crippen LogP contribution in [0.5, 0.6) is 5.75 Å². The lowest BCUT2D eigenvalue weighted by Crippen LogP contribution is -2.33. The molecule has 1 unspecified atom stereocenters. The molecular weight excluding hydrogens is 406 g/mol. The molecular formula is C26H31NO5. The third kappa shape index (κ3) is 4.86. The number of carbonyl (C=O) groups is 2. The van der Waals surface area contributed by atoms with Crippen molar-refractivity contribution in [3.05, 3.63) is 70.3 Å².